The van der Waals surface area contributed by atoms with E-state index in [9.17, 15) is 4.79 Å². The van der Waals surface area contributed by atoms with Crippen molar-refractivity contribution < 1.29 is 23.7 Å². The van der Waals surface area contributed by atoms with Crippen molar-refractivity contribution in [3.8, 4) is 23.0 Å². The fraction of sp³-hybridized carbons (Fsp3) is 0.250. The first kappa shape index (κ1) is 19.2. The van der Waals surface area contributed by atoms with Crippen molar-refractivity contribution in [2.75, 3.05) is 33.8 Å². The molecule has 6 heteroatoms. The molecular formula is C20H23NO5. The molecule has 0 spiro atoms. The summed E-state index contributed by atoms with van der Waals surface area (Å²) in [4.78, 5) is 12.1. The van der Waals surface area contributed by atoms with Gasteiger partial charge in [-0.2, -0.15) is 0 Å². The maximum atomic E-state index is 12.1. The molecule has 0 radical (unpaired) electrons. The van der Waals surface area contributed by atoms with Gasteiger partial charge in [-0.1, -0.05) is 6.07 Å². The lowest BCUT2D eigenvalue weighted by Gasteiger charge is -2.12. The second kappa shape index (κ2) is 8.80. The summed E-state index contributed by atoms with van der Waals surface area (Å²) in [6.45, 7) is 1.51. The van der Waals surface area contributed by atoms with Crippen molar-refractivity contribution in [1.82, 2.24) is 0 Å². The van der Waals surface area contributed by atoms with Gasteiger partial charge in [0, 0.05) is 23.5 Å². The molecule has 2 aromatic carbocycles. The third kappa shape index (κ3) is 4.27. The molecule has 0 saturated carbocycles. The van der Waals surface area contributed by atoms with Crippen LogP contribution in [0.15, 0.2) is 42.6 Å². The van der Waals surface area contributed by atoms with Crippen LogP contribution in [0, 0.1) is 0 Å². The molecule has 0 aromatic heterocycles. The average molecular weight is 357 g/mol. The average Bonchev–Trinajstić information content (AvgIpc) is 2.67. The van der Waals surface area contributed by atoms with Crippen LogP contribution in [0.4, 0.5) is 5.69 Å². The third-order valence-electron chi connectivity index (χ3n) is 3.84. The topological polar surface area (TPSA) is 66.0 Å². The van der Waals surface area contributed by atoms with E-state index in [1.807, 2.05) is 12.1 Å². The van der Waals surface area contributed by atoms with E-state index in [1.165, 1.54) is 6.92 Å². The molecule has 0 aliphatic carbocycles. The van der Waals surface area contributed by atoms with Gasteiger partial charge < -0.3 is 24.3 Å². The monoisotopic (exact) mass is 357 g/mol. The number of allylic oxidation sites excluding steroid dienone is 1. The summed E-state index contributed by atoms with van der Waals surface area (Å²) in [7, 11) is 6.27. The number of rotatable bonds is 8. The van der Waals surface area contributed by atoms with Gasteiger partial charge in [-0.3, -0.25) is 4.79 Å². The minimum absolute atomic E-state index is 0.0785. The van der Waals surface area contributed by atoms with Crippen LogP contribution in [0.5, 0.6) is 23.0 Å². The van der Waals surface area contributed by atoms with Crippen LogP contribution in [0.3, 0.4) is 0 Å². The molecule has 0 heterocycles. The van der Waals surface area contributed by atoms with Crippen molar-refractivity contribution in [2.24, 2.45) is 0 Å². The predicted molar refractivity (Wildman–Crippen MR) is 101 cm³/mol. The standard InChI is InChI=1S/C20H23NO5/c1-13(22)16(14-6-8-17(23-2)19(10-14)25-4)12-21-15-7-9-18(24-3)20(11-15)26-5/h6-12,21H,1-5H3/b16-12+. The molecule has 26 heavy (non-hydrogen) atoms. The maximum Gasteiger partial charge on any atom is 0.162 e. The molecule has 0 saturated heterocycles. The van der Waals surface area contributed by atoms with Gasteiger partial charge in [0.1, 0.15) is 0 Å². The molecule has 2 rings (SSSR count). The van der Waals surface area contributed by atoms with E-state index in [4.69, 9.17) is 18.9 Å². The highest BCUT2D eigenvalue weighted by Crippen LogP contribution is 2.32. The Labute approximate surface area is 153 Å². The highest BCUT2D eigenvalue weighted by Gasteiger charge is 2.12. The molecule has 138 valence electrons. The smallest absolute Gasteiger partial charge is 0.162 e. The van der Waals surface area contributed by atoms with E-state index in [2.05, 4.69) is 5.32 Å². The molecule has 0 aliphatic rings. The number of nitrogens with one attached hydrogen (secondary N) is 1. The lowest BCUT2D eigenvalue weighted by atomic mass is 10.0. The van der Waals surface area contributed by atoms with E-state index in [0.717, 1.165) is 11.3 Å². The zero-order valence-electron chi connectivity index (χ0n) is 15.6. The van der Waals surface area contributed by atoms with E-state index in [1.54, 1.807) is 58.9 Å². The summed E-state index contributed by atoms with van der Waals surface area (Å²) in [5, 5.41) is 3.13. The number of anilines is 1. The zero-order valence-corrected chi connectivity index (χ0v) is 15.6. The van der Waals surface area contributed by atoms with Crippen LogP contribution in [-0.4, -0.2) is 34.2 Å². The van der Waals surface area contributed by atoms with Crippen molar-refractivity contribution in [2.45, 2.75) is 6.92 Å². The molecule has 0 fully saturated rings. The van der Waals surface area contributed by atoms with Gasteiger partial charge in [0.05, 0.1) is 28.4 Å². The first-order valence-corrected chi connectivity index (χ1v) is 7.96. The molecule has 1 N–H and O–H groups in total. The van der Waals surface area contributed by atoms with Gasteiger partial charge >= 0.3 is 0 Å². The molecule has 6 nitrogen and oxygen atoms in total. The lowest BCUT2D eigenvalue weighted by molar-refractivity contribution is -0.111. The second-order valence-electron chi connectivity index (χ2n) is 5.40. The molecule has 2 aromatic rings. The first-order valence-electron chi connectivity index (χ1n) is 7.96. The summed E-state index contributed by atoms with van der Waals surface area (Å²) < 4.78 is 21.1. The van der Waals surface area contributed by atoms with Crippen molar-refractivity contribution in [1.29, 1.82) is 0 Å². The molecule has 0 atom stereocenters. The second-order valence-corrected chi connectivity index (χ2v) is 5.40. The van der Waals surface area contributed by atoms with Crippen LogP contribution in [0.2, 0.25) is 0 Å². The van der Waals surface area contributed by atoms with Gasteiger partial charge in [-0.25, -0.2) is 0 Å². The van der Waals surface area contributed by atoms with Crippen LogP contribution in [0.25, 0.3) is 5.57 Å². The highest BCUT2D eigenvalue weighted by atomic mass is 16.5. The molecule has 0 bridgehead atoms. The Morgan fingerprint density at radius 2 is 1.35 bits per heavy atom. The minimum atomic E-state index is -0.0785. The Hall–Kier alpha value is -3.15. The Morgan fingerprint density at radius 1 is 0.808 bits per heavy atom. The number of benzene rings is 2. The Morgan fingerprint density at radius 3 is 1.88 bits per heavy atom. The molecule has 0 aliphatic heterocycles. The summed E-state index contributed by atoms with van der Waals surface area (Å²) in [5.74, 6) is 2.32. The number of carbonyl (C=O) groups is 1. The Kier molecular flexibility index (Phi) is 6.49. The molecule has 0 amide bonds. The fourth-order valence-electron chi connectivity index (χ4n) is 2.47. The number of hydrogen-bond donors (Lipinski definition) is 1. The Bertz CT molecular complexity index is 814. The van der Waals surface area contributed by atoms with Crippen LogP contribution in [0.1, 0.15) is 12.5 Å². The van der Waals surface area contributed by atoms with Crippen LogP contribution >= 0.6 is 0 Å². The van der Waals surface area contributed by atoms with Gasteiger partial charge in [0.25, 0.3) is 0 Å². The first-order chi connectivity index (χ1) is 12.5. The summed E-state index contributed by atoms with van der Waals surface area (Å²) in [6, 6.07) is 10.8. The summed E-state index contributed by atoms with van der Waals surface area (Å²) in [5.41, 5.74) is 2.01. The van der Waals surface area contributed by atoms with Crippen LogP contribution in [-0.2, 0) is 4.79 Å². The zero-order chi connectivity index (χ0) is 19.1. The number of carbonyl (C=O) groups excluding carboxylic acids is 1. The number of hydrogen-bond acceptors (Lipinski definition) is 6. The van der Waals surface area contributed by atoms with E-state index in [0.29, 0.717) is 28.6 Å². The Balaban J connectivity index is 2.34. The van der Waals surface area contributed by atoms with Crippen molar-refractivity contribution in [3.63, 3.8) is 0 Å². The number of ether oxygens (including phenoxy) is 4. The predicted octanol–water partition coefficient (Wildman–Crippen LogP) is 3.76. The van der Waals surface area contributed by atoms with E-state index >= 15 is 0 Å². The fourth-order valence-corrected chi connectivity index (χ4v) is 2.47. The van der Waals surface area contributed by atoms with Gasteiger partial charge in [0.2, 0.25) is 0 Å². The van der Waals surface area contributed by atoms with Gasteiger partial charge in [0.15, 0.2) is 28.8 Å². The normalized spacial score (nSPS) is 10.9. The van der Waals surface area contributed by atoms with Gasteiger partial charge in [-0.15, -0.1) is 0 Å². The summed E-state index contributed by atoms with van der Waals surface area (Å²) in [6.07, 6.45) is 1.66. The van der Waals surface area contributed by atoms with Crippen molar-refractivity contribution >= 4 is 17.0 Å². The SMILES string of the molecule is COc1ccc(N/C=C(\C(C)=O)c2ccc(OC)c(OC)c2)cc1OC. The summed E-state index contributed by atoms with van der Waals surface area (Å²) >= 11 is 0. The largest absolute Gasteiger partial charge is 0.493 e. The van der Waals surface area contributed by atoms with E-state index < -0.39 is 0 Å². The van der Waals surface area contributed by atoms with Crippen molar-refractivity contribution in [3.05, 3.63) is 48.2 Å². The third-order valence-corrected chi connectivity index (χ3v) is 3.84. The number of methoxy groups -OCH3 is 4. The molecule has 0 unspecified atom stereocenters. The van der Waals surface area contributed by atoms with Crippen LogP contribution < -0.4 is 24.3 Å². The van der Waals surface area contributed by atoms with Gasteiger partial charge in [-0.05, 0) is 36.8 Å². The highest BCUT2D eigenvalue weighted by molar-refractivity contribution is 6.19. The maximum absolute atomic E-state index is 12.1. The van der Waals surface area contributed by atoms with E-state index in [-0.39, 0.29) is 5.78 Å². The quantitative estimate of drug-likeness (QED) is 0.726. The molecular weight excluding hydrogens is 334 g/mol. The number of Topliss-reactive ketones (excluding diaryl/α,β-unsaturated/α-hetero) is 1. The lowest BCUT2D eigenvalue weighted by Crippen LogP contribution is -2.01. The minimum Gasteiger partial charge on any atom is -0.493 e. The number of ketones is 1.